The van der Waals surface area contributed by atoms with Crippen LogP contribution < -0.4 is 10.9 Å². The van der Waals surface area contributed by atoms with Crippen molar-refractivity contribution in [1.29, 1.82) is 0 Å². The van der Waals surface area contributed by atoms with Gasteiger partial charge >= 0.3 is 0 Å². The average Bonchev–Trinajstić information content (AvgIpc) is 3.05. The molecule has 1 amide bonds. The molecule has 2 aromatic heterocycles. The molecule has 1 aromatic carbocycles. The number of rotatable bonds is 4. The smallest absolute Gasteiger partial charge is 0.259 e. The van der Waals surface area contributed by atoms with Gasteiger partial charge in [-0.1, -0.05) is 32.4 Å². The number of halogens is 1. The lowest BCUT2D eigenvalue weighted by atomic mass is 9.72. The third kappa shape index (κ3) is 4.44. The standard InChI is InChI=1S/C23H26ClN3O2S/c1-23(2,3)13-4-9-16-17(12-13)30-22-20(16)21(29)26-18(27-22)10-11-19(28)25-15-7-5-14(24)6-8-15/h5-8,13H,4,9-12H2,1-3H3,(H,25,28)(H,26,27,29)/t13-/m0/s1. The lowest BCUT2D eigenvalue weighted by molar-refractivity contribution is -0.116. The quantitative estimate of drug-likeness (QED) is 0.569. The molecule has 2 N–H and O–H groups in total. The Bertz CT molecular complexity index is 1140. The molecule has 3 aromatic rings. The molecule has 1 aliphatic rings. The first-order chi connectivity index (χ1) is 14.2. The third-order valence-electron chi connectivity index (χ3n) is 5.91. The van der Waals surface area contributed by atoms with Crippen LogP contribution in [0.5, 0.6) is 0 Å². The highest BCUT2D eigenvalue weighted by Crippen LogP contribution is 2.41. The zero-order valence-corrected chi connectivity index (χ0v) is 19.0. The normalized spacial score (nSPS) is 16.5. The van der Waals surface area contributed by atoms with E-state index in [1.165, 1.54) is 10.4 Å². The van der Waals surface area contributed by atoms with Gasteiger partial charge in [0.05, 0.1) is 5.39 Å². The van der Waals surface area contributed by atoms with Gasteiger partial charge in [0.15, 0.2) is 0 Å². The zero-order chi connectivity index (χ0) is 21.5. The van der Waals surface area contributed by atoms with Crippen molar-refractivity contribution < 1.29 is 4.79 Å². The summed E-state index contributed by atoms with van der Waals surface area (Å²) >= 11 is 7.51. The summed E-state index contributed by atoms with van der Waals surface area (Å²) in [6, 6.07) is 6.97. The second-order valence-electron chi connectivity index (χ2n) is 9.06. The van der Waals surface area contributed by atoms with Gasteiger partial charge in [0.1, 0.15) is 10.7 Å². The Morgan fingerprint density at radius 2 is 2.03 bits per heavy atom. The molecule has 2 heterocycles. The van der Waals surface area contributed by atoms with Crippen LogP contribution in [0.4, 0.5) is 5.69 Å². The number of hydrogen-bond donors (Lipinski definition) is 2. The number of hydrogen-bond acceptors (Lipinski definition) is 4. The first kappa shape index (κ1) is 21.1. The Balaban J connectivity index is 1.49. The molecule has 30 heavy (non-hydrogen) atoms. The van der Waals surface area contributed by atoms with Crippen LogP contribution in [-0.4, -0.2) is 15.9 Å². The maximum atomic E-state index is 12.8. The van der Waals surface area contributed by atoms with Crippen molar-refractivity contribution in [3.05, 3.63) is 55.9 Å². The molecule has 4 rings (SSSR count). The van der Waals surface area contributed by atoms with Gasteiger partial charge in [-0.05, 0) is 60.4 Å². The minimum absolute atomic E-state index is 0.0835. The van der Waals surface area contributed by atoms with E-state index in [2.05, 4.69) is 36.1 Å². The first-order valence-electron chi connectivity index (χ1n) is 10.3. The van der Waals surface area contributed by atoms with Crippen LogP contribution in [-0.2, 0) is 24.1 Å². The Labute approximate surface area is 184 Å². The first-order valence-corrected chi connectivity index (χ1v) is 11.5. The van der Waals surface area contributed by atoms with E-state index in [1.807, 2.05) is 0 Å². The maximum absolute atomic E-state index is 12.8. The van der Waals surface area contributed by atoms with Crippen molar-refractivity contribution in [1.82, 2.24) is 9.97 Å². The molecule has 158 valence electrons. The molecular formula is C23H26ClN3O2S. The number of aryl methyl sites for hydroxylation is 2. The monoisotopic (exact) mass is 443 g/mol. The molecule has 5 nitrogen and oxygen atoms in total. The van der Waals surface area contributed by atoms with Crippen molar-refractivity contribution in [2.45, 2.75) is 52.9 Å². The molecule has 0 fully saturated rings. The molecule has 0 bridgehead atoms. The van der Waals surface area contributed by atoms with Gasteiger partial charge in [0, 0.05) is 28.4 Å². The molecule has 0 aliphatic heterocycles. The summed E-state index contributed by atoms with van der Waals surface area (Å²) < 4.78 is 0. The Morgan fingerprint density at radius 1 is 1.30 bits per heavy atom. The van der Waals surface area contributed by atoms with E-state index in [1.54, 1.807) is 35.6 Å². The summed E-state index contributed by atoms with van der Waals surface area (Å²) in [5.74, 6) is 1.05. The molecule has 7 heteroatoms. The fraction of sp³-hybridized carbons (Fsp3) is 0.435. The largest absolute Gasteiger partial charge is 0.326 e. The van der Waals surface area contributed by atoms with Crippen LogP contribution in [0.25, 0.3) is 10.2 Å². The number of nitrogens with zero attached hydrogens (tertiary/aromatic N) is 1. The van der Waals surface area contributed by atoms with Gasteiger partial charge in [-0.15, -0.1) is 11.3 Å². The number of H-pyrrole nitrogens is 1. The van der Waals surface area contributed by atoms with Gasteiger partial charge in [-0.2, -0.15) is 0 Å². The number of amides is 1. The van der Waals surface area contributed by atoms with Crippen LogP contribution in [0.2, 0.25) is 5.02 Å². The van der Waals surface area contributed by atoms with Gasteiger partial charge in [-0.3, -0.25) is 9.59 Å². The summed E-state index contributed by atoms with van der Waals surface area (Å²) in [7, 11) is 0. The fourth-order valence-electron chi connectivity index (χ4n) is 4.07. The zero-order valence-electron chi connectivity index (χ0n) is 17.5. The summed E-state index contributed by atoms with van der Waals surface area (Å²) in [6.45, 7) is 6.86. The molecule has 1 atom stereocenters. The number of fused-ring (bicyclic) bond motifs is 3. The van der Waals surface area contributed by atoms with Crippen LogP contribution in [0, 0.1) is 11.3 Å². The number of anilines is 1. The minimum atomic E-state index is -0.126. The van der Waals surface area contributed by atoms with E-state index in [4.69, 9.17) is 11.6 Å². The van der Waals surface area contributed by atoms with E-state index in [0.717, 1.165) is 29.5 Å². The van der Waals surface area contributed by atoms with Crippen molar-refractivity contribution >= 4 is 44.7 Å². The predicted octanol–water partition coefficient (Wildman–Crippen LogP) is 5.36. The molecule has 0 radical (unpaired) electrons. The van der Waals surface area contributed by atoms with E-state index in [0.29, 0.717) is 28.9 Å². The highest BCUT2D eigenvalue weighted by Gasteiger charge is 2.31. The second kappa shape index (κ2) is 8.16. The van der Waals surface area contributed by atoms with Gasteiger partial charge in [-0.25, -0.2) is 4.98 Å². The number of aromatic amines is 1. The number of carbonyl (C=O) groups is 1. The van der Waals surface area contributed by atoms with E-state index in [9.17, 15) is 9.59 Å². The molecule has 0 unspecified atom stereocenters. The topological polar surface area (TPSA) is 74.8 Å². The number of thiophene rings is 1. The van der Waals surface area contributed by atoms with E-state index >= 15 is 0 Å². The van der Waals surface area contributed by atoms with Crippen LogP contribution in [0.3, 0.4) is 0 Å². The predicted molar refractivity (Wildman–Crippen MR) is 124 cm³/mol. The Kier molecular flexibility index (Phi) is 5.73. The maximum Gasteiger partial charge on any atom is 0.259 e. The summed E-state index contributed by atoms with van der Waals surface area (Å²) in [5, 5.41) is 4.20. The minimum Gasteiger partial charge on any atom is -0.326 e. The molecule has 0 saturated carbocycles. The number of carbonyl (C=O) groups excluding carboxylic acids is 1. The summed E-state index contributed by atoms with van der Waals surface area (Å²) in [4.78, 5) is 34.7. The van der Waals surface area contributed by atoms with Gasteiger partial charge in [0.2, 0.25) is 5.91 Å². The SMILES string of the molecule is CC(C)(C)[C@H]1CCc2c(sc3nc(CCC(=O)Nc4ccc(Cl)cc4)[nH]c(=O)c23)C1. The lowest BCUT2D eigenvalue weighted by Gasteiger charge is -2.33. The van der Waals surface area contributed by atoms with Crippen molar-refractivity contribution in [3.63, 3.8) is 0 Å². The highest BCUT2D eigenvalue weighted by atomic mass is 35.5. The fourth-order valence-corrected chi connectivity index (χ4v) is 5.52. The van der Waals surface area contributed by atoms with Gasteiger partial charge < -0.3 is 10.3 Å². The van der Waals surface area contributed by atoms with Gasteiger partial charge in [0.25, 0.3) is 5.56 Å². The number of aromatic nitrogens is 2. The number of benzene rings is 1. The number of nitrogens with one attached hydrogen (secondary N) is 2. The highest BCUT2D eigenvalue weighted by molar-refractivity contribution is 7.18. The molecular weight excluding hydrogens is 418 g/mol. The second-order valence-corrected chi connectivity index (χ2v) is 10.6. The van der Waals surface area contributed by atoms with E-state index in [-0.39, 0.29) is 23.3 Å². The van der Waals surface area contributed by atoms with Crippen LogP contribution >= 0.6 is 22.9 Å². The Morgan fingerprint density at radius 3 is 2.73 bits per heavy atom. The van der Waals surface area contributed by atoms with Crippen molar-refractivity contribution in [2.75, 3.05) is 5.32 Å². The molecule has 0 spiro atoms. The molecule has 0 saturated heterocycles. The van der Waals surface area contributed by atoms with E-state index < -0.39 is 0 Å². The molecule has 1 aliphatic carbocycles. The summed E-state index contributed by atoms with van der Waals surface area (Å²) in [5.41, 5.74) is 2.05. The van der Waals surface area contributed by atoms with Crippen LogP contribution in [0.15, 0.2) is 29.1 Å². The lowest BCUT2D eigenvalue weighted by Crippen LogP contribution is -2.26. The summed E-state index contributed by atoms with van der Waals surface area (Å²) in [6.07, 6.45) is 3.68. The Hall–Kier alpha value is -2.18. The average molecular weight is 444 g/mol. The van der Waals surface area contributed by atoms with Crippen molar-refractivity contribution in [2.24, 2.45) is 11.3 Å². The van der Waals surface area contributed by atoms with Crippen molar-refractivity contribution in [3.8, 4) is 0 Å². The third-order valence-corrected chi connectivity index (χ3v) is 7.31. The van der Waals surface area contributed by atoms with Crippen LogP contribution in [0.1, 0.15) is 49.9 Å².